The van der Waals surface area contributed by atoms with Crippen LogP contribution in [0, 0.1) is 18.3 Å². The predicted octanol–water partition coefficient (Wildman–Crippen LogP) is 4.30. The molecule has 1 aliphatic carbocycles. The lowest BCUT2D eigenvalue weighted by Crippen LogP contribution is -2.36. The van der Waals surface area contributed by atoms with Crippen LogP contribution in [0.5, 0.6) is 0 Å². The van der Waals surface area contributed by atoms with Gasteiger partial charge in [0, 0.05) is 18.0 Å². The van der Waals surface area contributed by atoms with Crippen molar-refractivity contribution in [1.29, 1.82) is 0 Å². The van der Waals surface area contributed by atoms with E-state index in [2.05, 4.69) is 20.6 Å². The Hall–Kier alpha value is -2.82. The summed E-state index contributed by atoms with van der Waals surface area (Å²) < 4.78 is 42.0. The standard InChI is InChI=1S/C20H20F3N3O2/c1-2-12-26(18(27)16-6-4-3-5-7-16)13-14-8-10-15(11-9-14)17-24-19(28-25-17)20(21,22)23/h1,8-11,16H,3-7,12-13H2. The highest BCUT2D eigenvalue weighted by molar-refractivity contribution is 5.79. The second-order valence-corrected chi connectivity index (χ2v) is 6.85. The van der Waals surface area contributed by atoms with Crippen LogP contribution in [0.1, 0.15) is 43.6 Å². The number of benzene rings is 1. The summed E-state index contributed by atoms with van der Waals surface area (Å²) in [5.74, 6) is 1.08. The lowest BCUT2D eigenvalue weighted by Gasteiger charge is -2.28. The van der Waals surface area contributed by atoms with Crippen LogP contribution in [0.25, 0.3) is 11.4 Å². The summed E-state index contributed by atoms with van der Waals surface area (Å²) in [6, 6.07) is 6.63. The molecule has 1 aromatic heterocycles. The number of rotatable bonds is 5. The summed E-state index contributed by atoms with van der Waals surface area (Å²) in [4.78, 5) is 17.8. The molecule has 8 heteroatoms. The Labute approximate surface area is 160 Å². The van der Waals surface area contributed by atoms with E-state index in [-0.39, 0.29) is 24.2 Å². The highest BCUT2D eigenvalue weighted by atomic mass is 19.4. The van der Waals surface area contributed by atoms with Gasteiger partial charge in [0.1, 0.15) is 0 Å². The van der Waals surface area contributed by atoms with E-state index in [1.165, 1.54) is 0 Å². The van der Waals surface area contributed by atoms with E-state index >= 15 is 0 Å². The molecule has 3 rings (SSSR count). The topological polar surface area (TPSA) is 59.2 Å². The molecule has 0 saturated heterocycles. The van der Waals surface area contributed by atoms with Crippen molar-refractivity contribution in [3.63, 3.8) is 0 Å². The Balaban J connectivity index is 1.70. The van der Waals surface area contributed by atoms with E-state index in [0.717, 1.165) is 37.7 Å². The molecule has 28 heavy (non-hydrogen) atoms. The van der Waals surface area contributed by atoms with Gasteiger partial charge in [-0.25, -0.2) is 0 Å². The van der Waals surface area contributed by atoms with Gasteiger partial charge >= 0.3 is 12.1 Å². The minimum atomic E-state index is -4.68. The van der Waals surface area contributed by atoms with Crippen molar-refractivity contribution < 1.29 is 22.5 Å². The molecule has 0 aliphatic heterocycles. The Morgan fingerprint density at radius 3 is 2.46 bits per heavy atom. The summed E-state index contributed by atoms with van der Waals surface area (Å²) in [5, 5.41) is 3.37. The minimum Gasteiger partial charge on any atom is -0.329 e. The van der Waals surface area contributed by atoms with Gasteiger partial charge in [-0.3, -0.25) is 4.79 Å². The van der Waals surface area contributed by atoms with Crippen LogP contribution in [-0.4, -0.2) is 27.5 Å². The van der Waals surface area contributed by atoms with Crippen LogP contribution < -0.4 is 0 Å². The van der Waals surface area contributed by atoms with Crippen molar-refractivity contribution >= 4 is 5.91 Å². The average Bonchev–Trinajstić information content (AvgIpc) is 3.19. The Morgan fingerprint density at radius 1 is 1.21 bits per heavy atom. The molecule has 1 heterocycles. The van der Waals surface area contributed by atoms with Crippen molar-refractivity contribution in [3.05, 3.63) is 35.7 Å². The smallest absolute Gasteiger partial charge is 0.329 e. The van der Waals surface area contributed by atoms with Gasteiger partial charge in [0.15, 0.2) is 0 Å². The second-order valence-electron chi connectivity index (χ2n) is 6.85. The zero-order valence-corrected chi connectivity index (χ0v) is 15.2. The zero-order valence-electron chi connectivity index (χ0n) is 15.2. The Morgan fingerprint density at radius 2 is 1.89 bits per heavy atom. The molecule has 1 aromatic carbocycles. The van der Waals surface area contributed by atoms with Gasteiger partial charge in [-0.05, 0) is 18.4 Å². The van der Waals surface area contributed by atoms with Crippen LogP contribution in [-0.2, 0) is 17.5 Å². The number of halogens is 3. The first-order chi connectivity index (χ1) is 13.4. The third kappa shape index (κ3) is 4.71. The fraction of sp³-hybridized carbons (Fsp3) is 0.450. The molecular formula is C20H20F3N3O2. The summed E-state index contributed by atoms with van der Waals surface area (Å²) in [7, 11) is 0. The number of alkyl halides is 3. The Bertz CT molecular complexity index is 847. The number of amides is 1. The third-order valence-electron chi connectivity index (χ3n) is 4.80. The molecule has 0 radical (unpaired) electrons. The minimum absolute atomic E-state index is 0.0153. The van der Waals surface area contributed by atoms with Crippen LogP contribution in [0.4, 0.5) is 13.2 Å². The highest BCUT2D eigenvalue weighted by Crippen LogP contribution is 2.30. The quantitative estimate of drug-likeness (QED) is 0.713. The van der Waals surface area contributed by atoms with Crippen molar-refractivity contribution in [2.45, 2.75) is 44.8 Å². The Kier molecular flexibility index (Phi) is 6.02. The van der Waals surface area contributed by atoms with Crippen LogP contribution >= 0.6 is 0 Å². The number of hydrogen-bond donors (Lipinski definition) is 0. The van der Waals surface area contributed by atoms with Gasteiger partial charge < -0.3 is 9.42 Å². The van der Waals surface area contributed by atoms with Gasteiger partial charge in [-0.2, -0.15) is 18.2 Å². The van der Waals surface area contributed by atoms with E-state index in [1.807, 2.05) is 0 Å². The van der Waals surface area contributed by atoms with E-state index < -0.39 is 12.1 Å². The molecule has 0 bridgehead atoms. The lowest BCUT2D eigenvalue weighted by atomic mass is 9.88. The van der Waals surface area contributed by atoms with Crippen molar-refractivity contribution in [3.8, 4) is 23.7 Å². The summed E-state index contributed by atoms with van der Waals surface area (Å²) in [6.07, 6.45) is 5.79. The molecule has 148 valence electrons. The number of aromatic nitrogens is 2. The molecule has 5 nitrogen and oxygen atoms in total. The van der Waals surface area contributed by atoms with Crippen LogP contribution in [0.2, 0.25) is 0 Å². The fourth-order valence-electron chi connectivity index (χ4n) is 3.37. The monoisotopic (exact) mass is 391 g/mol. The molecule has 2 aromatic rings. The van der Waals surface area contributed by atoms with Crippen molar-refractivity contribution in [1.82, 2.24) is 15.0 Å². The summed E-state index contributed by atoms with van der Waals surface area (Å²) in [5.41, 5.74) is 1.22. The SMILES string of the molecule is C#CCN(Cc1ccc(-c2noc(C(F)(F)F)n2)cc1)C(=O)C1CCCCC1. The summed E-state index contributed by atoms with van der Waals surface area (Å²) >= 11 is 0. The van der Waals surface area contributed by atoms with Gasteiger partial charge in [-0.1, -0.05) is 54.6 Å². The van der Waals surface area contributed by atoms with Crippen LogP contribution in [0.15, 0.2) is 28.8 Å². The average molecular weight is 391 g/mol. The van der Waals surface area contributed by atoms with Crippen molar-refractivity contribution in [2.75, 3.05) is 6.54 Å². The van der Waals surface area contributed by atoms with Gasteiger partial charge in [-0.15, -0.1) is 6.42 Å². The van der Waals surface area contributed by atoms with Crippen molar-refractivity contribution in [2.24, 2.45) is 5.92 Å². The highest BCUT2D eigenvalue weighted by Gasteiger charge is 2.38. The van der Waals surface area contributed by atoms with E-state index in [9.17, 15) is 18.0 Å². The first kappa shape index (κ1) is 19.9. The molecule has 1 aliphatic rings. The van der Waals surface area contributed by atoms with Gasteiger partial charge in [0.25, 0.3) is 0 Å². The fourth-order valence-corrected chi connectivity index (χ4v) is 3.37. The van der Waals surface area contributed by atoms with Crippen LogP contribution in [0.3, 0.4) is 0 Å². The molecule has 0 spiro atoms. The molecular weight excluding hydrogens is 371 g/mol. The number of hydrogen-bond acceptors (Lipinski definition) is 4. The maximum absolute atomic E-state index is 12.8. The summed E-state index contributed by atoms with van der Waals surface area (Å²) in [6.45, 7) is 0.566. The maximum atomic E-state index is 12.8. The van der Waals surface area contributed by atoms with E-state index in [1.54, 1.807) is 29.2 Å². The lowest BCUT2D eigenvalue weighted by molar-refractivity contribution is -0.159. The number of terminal acetylenes is 1. The largest absolute Gasteiger partial charge is 0.471 e. The maximum Gasteiger partial charge on any atom is 0.471 e. The normalized spacial score (nSPS) is 15.2. The second kappa shape index (κ2) is 8.46. The first-order valence-corrected chi connectivity index (χ1v) is 9.11. The molecule has 1 fully saturated rings. The number of carbonyl (C=O) groups excluding carboxylic acids is 1. The molecule has 0 unspecified atom stereocenters. The molecule has 0 atom stereocenters. The van der Waals surface area contributed by atoms with E-state index in [4.69, 9.17) is 6.42 Å². The predicted molar refractivity (Wildman–Crippen MR) is 95.6 cm³/mol. The molecule has 1 saturated carbocycles. The zero-order chi connectivity index (χ0) is 20.1. The van der Waals surface area contributed by atoms with Gasteiger partial charge in [0.05, 0.1) is 6.54 Å². The molecule has 0 N–H and O–H groups in total. The third-order valence-corrected chi connectivity index (χ3v) is 4.80. The van der Waals surface area contributed by atoms with Gasteiger partial charge in [0.2, 0.25) is 11.7 Å². The van der Waals surface area contributed by atoms with E-state index in [0.29, 0.717) is 12.1 Å². The number of carbonyl (C=O) groups is 1. The number of nitrogens with zero attached hydrogens (tertiary/aromatic N) is 3. The molecule has 1 amide bonds. The first-order valence-electron chi connectivity index (χ1n) is 9.11.